The zero-order chi connectivity index (χ0) is 9.68. The topological polar surface area (TPSA) is 0 Å². The zero-order valence-electron chi connectivity index (χ0n) is 7.96. The van der Waals surface area contributed by atoms with Crippen LogP contribution in [0.15, 0.2) is 36.9 Å². The van der Waals surface area contributed by atoms with E-state index in [0.717, 1.165) is 17.9 Å². The highest BCUT2D eigenvalue weighted by Gasteiger charge is 2.09. The molecule has 0 heterocycles. The third kappa shape index (κ3) is 2.60. The molecule has 0 aliphatic carbocycles. The third-order valence-electron chi connectivity index (χ3n) is 2.29. The van der Waals surface area contributed by atoms with Crippen molar-refractivity contribution in [2.75, 3.05) is 0 Å². The maximum Gasteiger partial charge on any atom is 0.0440 e. The molecule has 0 saturated carbocycles. The average Bonchev–Trinajstić information content (AvgIpc) is 2.16. The van der Waals surface area contributed by atoms with Gasteiger partial charge in [-0.15, -0.1) is 6.58 Å². The minimum atomic E-state index is 0.520. The van der Waals surface area contributed by atoms with E-state index in [1.54, 1.807) is 0 Å². The first-order valence-corrected chi connectivity index (χ1v) is 5.02. The molecule has 0 amide bonds. The van der Waals surface area contributed by atoms with E-state index in [-0.39, 0.29) is 0 Å². The van der Waals surface area contributed by atoms with Gasteiger partial charge in [-0.1, -0.05) is 42.8 Å². The molecule has 0 aliphatic rings. The number of rotatable bonds is 4. The second-order valence-electron chi connectivity index (χ2n) is 3.15. The van der Waals surface area contributed by atoms with Crippen molar-refractivity contribution < 1.29 is 0 Å². The lowest BCUT2D eigenvalue weighted by molar-refractivity contribution is 0.675. The lowest BCUT2D eigenvalue weighted by Crippen LogP contribution is -1.96. The first kappa shape index (κ1) is 10.3. The van der Waals surface area contributed by atoms with Crippen LogP contribution < -0.4 is 0 Å². The van der Waals surface area contributed by atoms with Crippen molar-refractivity contribution in [2.24, 2.45) is 0 Å². The second-order valence-corrected chi connectivity index (χ2v) is 3.56. The van der Waals surface area contributed by atoms with Gasteiger partial charge in [0.05, 0.1) is 0 Å². The minimum absolute atomic E-state index is 0.520. The summed E-state index contributed by atoms with van der Waals surface area (Å²) in [5.74, 6) is 0.520. The van der Waals surface area contributed by atoms with Crippen LogP contribution in [0.5, 0.6) is 0 Å². The van der Waals surface area contributed by atoms with Gasteiger partial charge in [-0.25, -0.2) is 0 Å². The van der Waals surface area contributed by atoms with E-state index in [1.165, 1.54) is 5.56 Å². The van der Waals surface area contributed by atoms with Gasteiger partial charge in [0.15, 0.2) is 0 Å². The monoisotopic (exact) mass is 194 g/mol. The molecule has 0 radical (unpaired) electrons. The van der Waals surface area contributed by atoms with Crippen molar-refractivity contribution in [3.05, 3.63) is 47.5 Å². The van der Waals surface area contributed by atoms with Crippen molar-refractivity contribution in [3.63, 3.8) is 0 Å². The van der Waals surface area contributed by atoms with Crippen molar-refractivity contribution in [1.82, 2.24) is 0 Å². The van der Waals surface area contributed by atoms with Crippen molar-refractivity contribution in [2.45, 2.75) is 25.7 Å². The molecule has 1 atom stereocenters. The Bertz CT molecular complexity index is 278. The van der Waals surface area contributed by atoms with Gasteiger partial charge in [0, 0.05) is 5.02 Å². The molecule has 1 rings (SSSR count). The zero-order valence-corrected chi connectivity index (χ0v) is 8.72. The molecule has 1 aromatic rings. The molecule has 0 nitrogen and oxygen atoms in total. The van der Waals surface area contributed by atoms with Gasteiger partial charge in [-0.2, -0.15) is 0 Å². The molecule has 1 heteroatoms. The molecule has 0 bridgehead atoms. The van der Waals surface area contributed by atoms with Gasteiger partial charge in [0.1, 0.15) is 0 Å². The fourth-order valence-electron chi connectivity index (χ4n) is 1.52. The van der Waals surface area contributed by atoms with Crippen LogP contribution >= 0.6 is 11.6 Å². The molecule has 0 saturated heterocycles. The Labute approximate surface area is 85.2 Å². The van der Waals surface area contributed by atoms with E-state index in [9.17, 15) is 0 Å². The van der Waals surface area contributed by atoms with Gasteiger partial charge in [-0.05, 0) is 30.4 Å². The first-order valence-electron chi connectivity index (χ1n) is 4.65. The molecule has 1 aromatic carbocycles. The number of hydrogen-bond donors (Lipinski definition) is 0. The quantitative estimate of drug-likeness (QED) is 0.623. The highest BCUT2D eigenvalue weighted by Crippen LogP contribution is 2.29. The summed E-state index contributed by atoms with van der Waals surface area (Å²) >= 11 is 6.10. The summed E-state index contributed by atoms with van der Waals surface area (Å²) < 4.78 is 0. The summed E-state index contributed by atoms with van der Waals surface area (Å²) in [7, 11) is 0. The molecule has 0 N–H and O–H groups in total. The van der Waals surface area contributed by atoms with E-state index in [4.69, 9.17) is 11.6 Å². The Morgan fingerprint density at radius 1 is 1.46 bits per heavy atom. The summed E-state index contributed by atoms with van der Waals surface area (Å²) in [6.45, 7) is 5.94. The lowest BCUT2D eigenvalue weighted by atomic mass is 9.93. The summed E-state index contributed by atoms with van der Waals surface area (Å²) in [6.07, 6.45) is 4.06. The van der Waals surface area contributed by atoms with Gasteiger partial charge in [-0.3, -0.25) is 0 Å². The Kier molecular flexibility index (Phi) is 4.04. The van der Waals surface area contributed by atoms with Crippen LogP contribution in [0, 0.1) is 0 Å². The van der Waals surface area contributed by atoms with Crippen molar-refractivity contribution >= 4 is 11.6 Å². The average molecular weight is 195 g/mol. The van der Waals surface area contributed by atoms with Crippen LogP contribution in [0.25, 0.3) is 0 Å². The van der Waals surface area contributed by atoms with Crippen LogP contribution in [-0.4, -0.2) is 0 Å². The Balaban J connectivity index is 2.90. The van der Waals surface area contributed by atoms with Crippen LogP contribution in [0.1, 0.15) is 31.2 Å². The maximum absolute atomic E-state index is 6.10. The summed E-state index contributed by atoms with van der Waals surface area (Å²) in [5, 5.41) is 0.871. The Morgan fingerprint density at radius 3 is 2.69 bits per heavy atom. The largest absolute Gasteiger partial charge is 0.103 e. The second kappa shape index (κ2) is 5.08. The summed E-state index contributed by atoms with van der Waals surface area (Å²) in [6, 6.07) is 8.04. The van der Waals surface area contributed by atoms with E-state index < -0.39 is 0 Å². The summed E-state index contributed by atoms with van der Waals surface area (Å²) in [4.78, 5) is 0. The fourth-order valence-corrected chi connectivity index (χ4v) is 1.81. The molecule has 0 aliphatic heterocycles. The van der Waals surface area contributed by atoms with Gasteiger partial charge in [0.2, 0.25) is 0 Å². The minimum Gasteiger partial charge on any atom is -0.103 e. The SMILES string of the molecule is C=CCC(CC)c1ccccc1Cl. The third-order valence-corrected chi connectivity index (χ3v) is 2.63. The predicted octanol–water partition coefficient (Wildman–Crippen LogP) is 4.41. The smallest absolute Gasteiger partial charge is 0.0440 e. The van der Waals surface area contributed by atoms with Crippen LogP contribution in [0.2, 0.25) is 5.02 Å². The van der Waals surface area contributed by atoms with Crippen molar-refractivity contribution in [3.8, 4) is 0 Å². The standard InChI is InChI=1S/C12H15Cl/c1-3-7-10(4-2)11-8-5-6-9-12(11)13/h3,5-6,8-10H,1,4,7H2,2H3. The van der Waals surface area contributed by atoms with Crippen LogP contribution in [0.4, 0.5) is 0 Å². The summed E-state index contributed by atoms with van der Waals surface area (Å²) in [5.41, 5.74) is 1.24. The van der Waals surface area contributed by atoms with Crippen LogP contribution in [0.3, 0.4) is 0 Å². The number of halogens is 1. The van der Waals surface area contributed by atoms with Crippen LogP contribution in [-0.2, 0) is 0 Å². The molecular formula is C12H15Cl. The molecule has 0 spiro atoms. The highest BCUT2D eigenvalue weighted by molar-refractivity contribution is 6.31. The maximum atomic E-state index is 6.10. The van der Waals surface area contributed by atoms with E-state index in [1.807, 2.05) is 24.3 Å². The Hall–Kier alpha value is -0.750. The van der Waals surface area contributed by atoms with Gasteiger partial charge < -0.3 is 0 Å². The predicted molar refractivity (Wildman–Crippen MR) is 59.3 cm³/mol. The van der Waals surface area contributed by atoms with Gasteiger partial charge in [0.25, 0.3) is 0 Å². The molecular weight excluding hydrogens is 180 g/mol. The molecule has 13 heavy (non-hydrogen) atoms. The van der Waals surface area contributed by atoms with E-state index in [2.05, 4.69) is 19.6 Å². The normalized spacial score (nSPS) is 12.5. The van der Waals surface area contributed by atoms with Crippen molar-refractivity contribution in [1.29, 1.82) is 0 Å². The number of allylic oxidation sites excluding steroid dienone is 1. The molecule has 0 aromatic heterocycles. The Morgan fingerprint density at radius 2 is 2.15 bits per heavy atom. The molecule has 0 fully saturated rings. The van der Waals surface area contributed by atoms with Gasteiger partial charge >= 0.3 is 0 Å². The highest BCUT2D eigenvalue weighted by atomic mass is 35.5. The number of benzene rings is 1. The lowest BCUT2D eigenvalue weighted by Gasteiger charge is -2.14. The first-order chi connectivity index (χ1) is 6.29. The van der Waals surface area contributed by atoms with E-state index in [0.29, 0.717) is 5.92 Å². The molecule has 70 valence electrons. The fraction of sp³-hybridized carbons (Fsp3) is 0.333. The number of hydrogen-bond acceptors (Lipinski definition) is 0. The van der Waals surface area contributed by atoms with E-state index >= 15 is 0 Å². The molecule has 1 unspecified atom stereocenters.